The number of thiocarbonyl (C=S) groups is 1. The molecule has 0 fully saturated rings. The van der Waals surface area contributed by atoms with Crippen LogP contribution in [0.5, 0.6) is 0 Å². The van der Waals surface area contributed by atoms with Crippen molar-refractivity contribution < 1.29 is 8.78 Å². The highest BCUT2D eigenvalue weighted by Crippen LogP contribution is 2.15. The van der Waals surface area contributed by atoms with Crippen LogP contribution in [-0.4, -0.2) is 5.11 Å². The van der Waals surface area contributed by atoms with Gasteiger partial charge in [-0.05, 0) is 49.0 Å². The Labute approximate surface area is 121 Å². The summed E-state index contributed by atoms with van der Waals surface area (Å²) >= 11 is 5.13. The molecule has 2 rings (SSSR count). The molecule has 0 aliphatic carbocycles. The van der Waals surface area contributed by atoms with Crippen LogP contribution < -0.4 is 10.6 Å². The summed E-state index contributed by atoms with van der Waals surface area (Å²) in [6, 6.07) is 12.3. The van der Waals surface area contributed by atoms with Gasteiger partial charge in [-0.25, -0.2) is 8.78 Å². The first kappa shape index (κ1) is 14.4. The van der Waals surface area contributed by atoms with Crippen LogP contribution in [0.1, 0.15) is 18.5 Å². The molecule has 104 valence electrons. The van der Waals surface area contributed by atoms with Crippen molar-refractivity contribution in [1.82, 2.24) is 5.32 Å². The summed E-state index contributed by atoms with van der Waals surface area (Å²) in [5, 5.41) is 6.13. The third-order valence-electron chi connectivity index (χ3n) is 2.84. The first-order chi connectivity index (χ1) is 9.56. The molecule has 5 heteroatoms. The minimum Gasteiger partial charge on any atom is -0.356 e. The highest BCUT2D eigenvalue weighted by molar-refractivity contribution is 7.80. The predicted molar refractivity (Wildman–Crippen MR) is 80.6 cm³/mol. The second-order valence-electron chi connectivity index (χ2n) is 4.35. The molecule has 0 unspecified atom stereocenters. The number of rotatable bonds is 3. The zero-order chi connectivity index (χ0) is 14.5. The third kappa shape index (κ3) is 3.74. The van der Waals surface area contributed by atoms with E-state index in [9.17, 15) is 8.78 Å². The van der Waals surface area contributed by atoms with Crippen molar-refractivity contribution in [3.05, 3.63) is 65.7 Å². The van der Waals surface area contributed by atoms with Crippen molar-refractivity contribution in [3.8, 4) is 0 Å². The molecule has 20 heavy (non-hydrogen) atoms. The number of hydrogen-bond donors (Lipinski definition) is 2. The molecule has 1 atom stereocenters. The number of hydrogen-bond acceptors (Lipinski definition) is 1. The van der Waals surface area contributed by atoms with E-state index in [1.165, 1.54) is 18.2 Å². The summed E-state index contributed by atoms with van der Waals surface area (Å²) in [5.41, 5.74) is 1.21. The molecule has 0 saturated carbocycles. The second kappa shape index (κ2) is 6.43. The Hall–Kier alpha value is -2.01. The zero-order valence-electron chi connectivity index (χ0n) is 10.9. The minimum atomic E-state index is -0.369. The molecule has 0 bridgehead atoms. The van der Waals surface area contributed by atoms with Crippen LogP contribution in [0.25, 0.3) is 0 Å². The lowest BCUT2D eigenvalue weighted by Gasteiger charge is -2.17. The molecule has 0 radical (unpaired) electrons. The van der Waals surface area contributed by atoms with Gasteiger partial charge >= 0.3 is 0 Å². The number of benzene rings is 2. The van der Waals surface area contributed by atoms with Crippen molar-refractivity contribution >= 4 is 23.0 Å². The molecule has 0 spiro atoms. The summed E-state index contributed by atoms with van der Waals surface area (Å²) in [5.74, 6) is -0.654. The molecule has 2 aromatic carbocycles. The van der Waals surface area contributed by atoms with Gasteiger partial charge in [-0.1, -0.05) is 24.3 Å². The second-order valence-corrected chi connectivity index (χ2v) is 4.76. The molecule has 2 nitrogen and oxygen atoms in total. The molecule has 0 amide bonds. The fourth-order valence-corrected chi connectivity index (χ4v) is 2.04. The van der Waals surface area contributed by atoms with Gasteiger partial charge in [0.25, 0.3) is 0 Å². The zero-order valence-corrected chi connectivity index (χ0v) is 11.7. The van der Waals surface area contributed by atoms with E-state index in [-0.39, 0.29) is 17.7 Å². The van der Waals surface area contributed by atoms with E-state index >= 15 is 0 Å². The van der Waals surface area contributed by atoms with Gasteiger partial charge in [-0.3, -0.25) is 0 Å². The van der Waals surface area contributed by atoms with Gasteiger partial charge in [0.2, 0.25) is 0 Å². The number of halogens is 2. The van der Waals surface area contributed by atoms with Crippen LogP contribution in [0.2, 0.25) is 0 Å². The SMILES string of the molecule is C[C@H](NC(=S)Nc1ccccc1F)c1ccc(F)cc1. The summed E-state index contributed by atoms with van der Waals surface area (Å²) < 4.78 is 26.3. The largest absolute Gasteiger partial charge is 0.356 e. The summed E-state index contributed by atoms with van der Waals surface area (Å²) in [6.45, 7) is 1.89. The first-order valence-electron chi connectivity index (χ1n) is 6.14. The molecule has 0 aliphatic rings. The van der Waals surface area contributed by atoms with Crippen molar-refractivity contribution in [2.24, 2.45) is 0 Å². The molecule has 0 aliphatic heterocycles. The molecule has 0 saturated heterocycles. The number of para-hydroxylation sites is 1. The van der Waals surface area contributed by atoms with Gasteiger partial charge in [0, 0.05) is 0 Å². The highest BCUT2D eigenvalue weighted by Gasteiger charge is 2.08. The van der Waals surface area contributed by atoms with Crippen LogP contribution >= 0.6 is 12.2 Å². The van der Waals surface area contributed by atoms with E-state index in [1.807, 2.05) is 6.92 Å². The van der Waals surface area contributed by atoms with Gasteiger partial charge in [0.05, 0.1) is 11.7 Å². The van der Waals surface area contributed by atoms with Gasteiger partial charge < -0.3 is 10.6 Å². The molecule has 0 heterocycles. The molecular weight excluding hydrogens is 278 g/mol. The van der Waals surface area contributed by atoms with E-state index in [2.05, 4.69) is 10.6 Å². The Bertz CT molecular complexity index is 599. The average Bonchev–Trinajstić information content (AvgIpc) is 2.42. The Morgan fingerprint density at radius 3 is 2.35 bits per heavy atom. The quantitative estimate of drug-likeness (QED) is 0.836. The van der Waals surface area contributed by atoms with Crippen molar-refractivity contribution in [3.63, 3.8) is 0 Å². The molecule has 2 aromatic rings. The fraction of sp³-hybridized carbons (Fsp3) is 0.133. The predicted octanol–water partition coefficient (Wildman–Crippen LogP) is 4.01. The normalized spacial score (nSPS) is 11.8. The summed E-state index contributed by atoms with van der Waals surface area (Å²) in [7, 11) is 0. The van der Waals surface area contributed by atoms with Gasteiger partial charge in [0.1, 0.15) is 11.6 Å². The smallest absolute Gasteiger partial charge is 0.171 e. The maximum Gasteiger partial charge on any atom is 0.171 e. The minimum absolute atomic E-state index is 0.109. The molecular formula is C15H14F2N2S. The molecule has 0 aromatic heterocycles. The van der Waals surface area contributed by atoms with Crippen LogP contribution in [0.15, 0.2) is 48.5 Å². The summed E-state index contributed by atoms with van der Waals surface area (Å²) in [6.07, 6.45) is 0. The van der Waals surface area contributed by atoms with Crippen LogP contribution in [0, 0.1) is 11.6 Å². The number of anilines is 1. The van der Waals surface area contributed by atoms with Gasteiger partial charge in [-0.15, -0.1) is 0 Å². The maximum absolute atomic E-state index is 13.5. The summed E-state index contributed by atoms with van der Waals surface area (Å²) in [4.78, 5) is 0. The molecule has 2 N–H and O–H groups in total. The van der Waals surface area contributed by atoms with Gasteiger partial charge in [-0.2, -0.15) is 0 Å². The van der Waals surface area contributed by atoms with E-state index in [4.69, 9.17) is 12.2 Å². The van der Waals surface area contributed by atoms with E-state index in [1.54, 1.807) is 30.3 Å². The standard InChI is InChI=1S/C15H14F2N2S/c1-10(11-6-8-12(16)9-7-11)18-15(20)19-14-5-3-2-4-13(14)17/h2-10H,1H3,(H2,18,19,20)/t10-/m0/s1. The topological polar surface area (TPSA) is 24.1 Å². The maximum atomic E-state index is 13.5. The van der Waals surface area contributed by atoms with Crippen molar-refractivity contribution in [2.75, 3.05) is 5.32 Å². The Balaban J connectivity index is 1.98. The lowest BCUT2D eigenvalue weighted by molar-refractivity contribution is 0.624. The first-order valence-corrected chi connectivity index (χ1v) is 6.54. The fourth-order valence-electron chi connectivity index (χ4n) is 1.75. The Morgan fingerprint density at radius 2 is 1.70 bits per heavy atom. The van der Waals surface area contributed by atoms with Crippen molar-refractivity contribution in [2.45, 2.75) is 13.0 Å². The van der Waals surface area contributed by atoms with Crippen LogP contribution in [-0.2, 0) is 0 Å². The van der Waals surface area contributed by atoms with E-state index < -0.39 is 0 Å². The van der Waals surface area contributed by atoms with Crippen LogP contribution in [0.3, 0.4) is 0 Å². The third-order valence-corrected chi connectivity index (χ3v) is 3.06. The highest BCUT2D eigenvalue weighted by atomic mass is 32.1. The van der Waals surface area contributed by atoms with Crippen molar-refractivity contribution in [1.29, 1.82) is 0 Å². The monoisotopic (exact) mass is 292 g/mol. The number of nitrogens with one attached hydrogen (secondary N) is 2. The Kier molecular flexibility index (Phi) is 4.63. The van der Waals surface area contributed by atoms with Crippen LogP contribution in [0.4, 0.5) is 14.5 Å². The van der Waals surface area contributed by atoms with E-state index in [0.717, 1.165) is 5.56 Å². The lowest BCUT2D eigenvalue weighted by atomic mass is 10.1. The lowest BCUT2D eigenvalue weighted by Crippen LogP contribution is -2.31. The van der Waals surface area contributed by atoms with Gasteiger partial charge in [0.15, 0.2) is 5.11 Å². The average molecular weight is 292 g/mol. The van der Waals surface area contributed by atoms with E-state index in [0.29, 0.717) is 10.8 Å². The Morgan fingerprint density at radius 1 is 1.05 bits per heavy atom.